The van der Waals surface area contributed by atoms with Gasteiger partial charge in [0.1, 0.15) is 0 Å². The fourth-order valence-corrected chi connectivity index (χ4v) is 3.09. The molecule has 0 amide bonds. The molecule has 1 heterocycles. The highest BCUT2D eigenvalue weighted by Gasteiger charge is 2.19. The van der Waals surface area contributed by atoms with E-state index in [1.807, 2.05) is 0 Å². The summed E-state index contributed by atoms with van der Waals surface area (Å²) < 4.78 is 0. The molecule has 1 aliphatic heterocycles. The van der Waals surface area contributed by atoms with Crippen molar-refractivity contribution >= 4 is 5.69 Å². The van der Waals surface area contributed by atoms with Crippen LogP contribution in [0.4, 0.5) is 5.69 Å². The summed E-state index contributed by atoms with van der Waals surface area (Å²) in [6.45, 7) is 15.9. The van der Waals surface area contributed by atoms with Crippen LogP contribution in [0.25, 0.3) is 0 Å². The number of rotatable bonds is 6. The largest absolute Gasteiger partial charge is 0.369 e. The number of nitrogens with zero attached hydrogens (tertiary/aromatic N) is 2. The third kappa shape index (κ3) is 4.45. The van der Waals surface area contributed by atoms with Crippen LogP contribution in [0.2, 0.25) is 0 Å². The highest BCUT2D eigenvalue weighted by molar-refractivity contribution is 5.56. The lowest BCUT2D eigenvalue weighted by Crippen LogP contribution is -2.50. The monoisotopic (exact) mass is 289 g/mol. The van der Waals surface area contributed by atoms with Crippen molar-refractivity contribution in [3.8, 4) is 0 Å². The first-order valence-corrected chi connectivity index (χ1v) is 8.38. The standard InChI is InChI=1S/C18H31N3/c1-5-9-19-16(3)14-20-10-12-21(13-11-20)18-8-6-7-15(2)17(18)4/h6-8,16,19H,5,9-14H2,1-4H3. The van der Waals surface area contributed by atoms with Crippen molar-refractivity contribution in [2.75, 3.05) is 44.2 Å². The van der Waals surface area contributed by atoms with Gasteiger partial charge >= 0.3 is 0 Å². The van der Waals surface area contributed by atoms with Gasteiger partial charge < -0.3 is 10.2 Å². The lowest BCUT2D eigenvalue weighted by atomic mass is 10.1. The van der Waals surface area contributed by atoms with Gasteiger partial charge in [0, 0.05) is 44.5 Å². The summed E-state index contributed by atoms with van der Waals surface area (Å²) >= 11 is 0. The molecule has 1 fully saturated rings. The van der Waals surface area contributed by atoms with E-state index in [1.54, 1.807) is 0 Å². The van der Waals surface area contributed by atoms with E-state index in [1.165, 1.54) is 42.9 Å². The van der Waals surface area contributed by atoms with Crippen molar-refractivity contribution in [2.45, 2.75) is 40.2 Å². The molecule has 1 aliphatic rings. The Bertz CT molecular complexity index is 436. The first-order chi connectivity index (χ1) is 10.1. The van der Waals surface area contributed by atoms with Crippen LogP contribution >= 0.6 is 0 Å². The third-order valence-electron chi connectivity index (χ3n) is 4.56. The number of benzene rings is 1. The van der Waals surface area contributed by atoms with Gasteiger partial charge in [0.05, 0.1) is 0 Å². The summed E-state index contributed by atoms with van der Waals surface area (Å²) in [4.78, 5) is 5.14. The summed E-state index contributed by atoms with van der Waals surface area (Å²) in [6, 6.07) is 7.25. The normalized spacial score (nSPS) is 18.0. The van der Waals surface area contributed by atoms with E-state index in [0.29, 0.717) is 6.04 Å². The van der Waals surface area contributed by atoms with Crippen molar-refractivity contribution in [3.63, 3.8) is 0 Å². The molecule has 0 radical (unpaired) electrons. The summed E-state index contributed by atoms with van der Waals surface area (Å²) in [5.74, 6) is 0. The van der Waals surface area contributed by atoms with E-state index in [0.717, 1.165) is 19.6 Å². The second-order valence-electron chi connectivity index (χ2n) is 6.36. The molecule has 1 aromatic carbocycles. The fourth-order valence-electron chi connectivity index (χ4n) is 3.09. The first kappa shape index (κ1) is 16.3. The number of anilines is 1. The van der Waals surface area contributed by atoms with Crippen LogP contribution in [0.1, 0.15) is 31.4 Å². The third-order valence-corrected chi connectivity index (χ3v) is 4.56. The maximum absolute atomic E-state index is 3.58. The molecule has 0 saturated carbocycles. The first-order valence-electron chi connectivity index (χ1n) is 8.38. The molecule has 1 saturated heterocycles. The average Bonchev–Trinajstić information content (AvgIpc) is 2.49. The molecule has 0 aliphatic carbocycles. The lowest BCUT2D eigenvalue weighted by Gasteiger charge is -2.38. The van der Waals surface area contributed by atoms with Crippen molar-refractivity contribution in [3.05, 3.63) is 29.3 Å². The topological polar surface area (TPSA) is 18.5 Å². The molecule has 0 aromatic heterocycles. The Labute approximate surface area is 130 Å². The van der Waals surface area contributed by atoms with E-state index in [4.69, 9.17) is 0 Å². The molecule has 1 unspecified atom stereocenters. The number of piperazine rings is 1. The molecule has 1 N–H and O–H groups in total. The van der Waals surface area contributed by atoms with Crippen molar-refractivity contribution in [1.82, 2.24) is 10.2 Å². The highest BCUT2D eigenvalue weighted by Crippen LogP contribution is 2.23. The van der Waals surface area contributed by atoms with Gasteiger partial charge in [-0.1, -0.05) is 19.1 Å². The molecule has 0 bridgehead atoms. The van der Waals surface area contributed by atoms with Crippen LogP contribution in [-0.2, 0) is 0 Å². The van der Waals surface area contributed by atoms with Gasteiger partial charge in [0.2, 0.25) is 0 Å². The second kappa shape index (κ2) is 7.81. The molecule has 0 spiro atoms. The minimum Gasteiger partial charge on any atom is -0.369 e. The molecule has 3 nitrogen and oxygen atoms in total. The van der Waals surface area contributed by atoms with Gasteiger partial charge in [-0.2, -0.15) is 0 Å². The molecular weight excluding hydrogens is 258 g/mol. The van der Waals surface area contributed by atoms with E-state index in [9.17, 15) is 0 Å². The van der Waals surface area contributed by atoms with Gasteiger partial charge in [-0.15, -0.1) is 0 Å². The smallest absolute Gasteiger partial charge is 0.0399 e. The van der Waals surface area contributed by atoms with Crippen LogP contribution < -0.4 is 10.2 Å². The van der Waals surface area contributed by atoms with Crippen LogP contribution in [0, 0.1) is 13.8 Å². The summed E-state index contributed by atoms with van der Waals surface area (Å²) in [6.07, 6.45) is 1.21. The van der Waals surface area contributed by atoms with E-state index < -0.39 is 0 Å². The Morgan fingerprint density at radius 3 is 2.52 bits per heavy atom. The number of nitrogens with one attached hydrogen (secondary N) is 1. The van der Waals surface area contributed by atoms with E-state index in [-0.39, 0.29) is 0 Å². The Kier molecular flexibility index (Phi) is 6.07. The molecular formula is C18H31N3. The Morgan fingerprint density at radius 2 is 1.86 bits per heavy atom. The van der Waals surface area contributed by atoms with Gasteiger partial charge in [0.15, 0.2) is 0 Å². The Morgan fingerprint density at radius 1 is 1.14 bits per heavy atom. The van der Waals surface area contributed by atoms with E-state index >= 15 is 0 Å². The van der Waals surface area contributed by atoms with Crippen molar-refractivity contribution in [2.24, 2.45) is 0 Å². The average molecular weight is 289 g/mol. The minimum atomic E-state index is 0.595. The zero-order valence-corrected chi connectivity index (χ0v) is 14.2. The number of hydrogen-bond acceptors (Lipinski definition) is 3. The van der Waals surface area contributed by atoms with Crippen LogP contribution in [0.5, 0.6) is 0 Å². The Balaban J connectivity index is 1.84. The molecule has 3 heteroatoms. The maximum atomic E-state index is 3.58. The van der Waals surface area contributed by atoms with Crippen LogP contribution in [-0.4, -0.2) is 50.2 Å². The molecule has 118 valence electrons. The molecule has 21 heavy (non-hydrogen) atoms. The highest BCUT2D eigenvalue weighted by atomic mass is 15.3. The summed E-state index contributed by atoms with van der Waals surface area (Å²) in [5.41, 5.74) is 4.25. The molecule has 1 atom stereocenters. The Hall–Kier alpha value is -1.06. The summed E-state index contributed by atoms with van der Waals surface area (Å²) in [5, 5.41) is 3.58. The van der Waals surface area contributed by atoms with Gasteiger partial charge in [0.25, 0.3) is 0 Å². The second-order valence-corrected chi connectivity index (χ2v) is 6.36. The van der Waals surface area contributed by atoms with Crippen LogP contribution in [0.15, 0.2) is 18.2 Å². The van der Waals surface area contributed by atoms with Gasteiger partial charge in [-0.3, -0.25) is 4.90 Å². The summed E-state index contributed by atoms with van der Waals surface area (Å²) in [7, 11) is 0. The van der Waals surface area contributed by atoms with E-state index in [2.05, 4.69) is 61.0 Å². The van der Waals surface area contributed by atoms with Crippen molar-refractivity contribution in [1.29, 1.82) is 0 Å². The predicted octanol–water partition coefficient (Wildman–Crippen LogP) is 2.81. The maximum Gasteiger partial charge on any atom is 0.0399 e. The van der Waals surface area contributed by atoms with Crippen molar-refractivity contribution < 1.29 is 0 Å². The van der Waals surface area contributed by atoms with Gasteiger partial charge in [-0.25, -0.2) is 0 Å². The number of aryl methyl sites for hydroxylation is 1. The number of hydrogen-bond donors (Lipinski definition) is 1. The minimum absolute atomic E-state index is 0.595. The molecule has 1 aromatic rings. The van der Waals surface area contributed by atoms with Gasteiger partial charge in [-0.05, 0) is 50.9 Å². The lowest BCUT2D eigenvalue weighted by molar-refractivity contribution is 0.234. The predicted molar refractivity (Wildman–Crippen MR) is 92.3 cm³/mol. The zero-order valence-electron chi connectivity index (χ0n) is 14.2. The molecule has 2 rings (SSSR count). The SMILES string of the molecule is CCCNC(C)CN1CCN(c2cccc(C)c2C)CC1. The quantitative estimate of drug-likeness (QED) is 0.869. The zero-order chi connectivity index (χ0) is 15.2. The van der Waals surface area contributed by atoms with Crippen LogP contribution in [0.3, 0.4) is 0 Å². The fraction of sp³-hybridized carbons (Fsp3) is 0.667.